The Labute approximate surface area is 132 Å². The maximum Gasteiger partial charge on any atom is 0.237 e. The van der Waals surface area contributed by atoms with E-state index in [1.165, 1.54) is 0 Å². The second-order valence-corrected chi connectivity index (χ2v) is 4.92. The Balaban J connectivity index is 1.92. The molecule has 0 fully saturated rings. The number of nitrogens with one attached hydrogen (secondary N) is 1. The molecule has 110 valence electrons. The van der Waals surface area contributed by atoms with Gasteiger partial charge < -0.3 is 0 Å². The number of hydrogen-bond donors (Lipinski definition) is 1. The highest BCUT2D eigenvalue weighted by Gasteiger charge is 2.07. The van der Waals surface area contributed by atoms with E-state index in [4.69, 9.17) is 10.5 Å². The molecule has 0 spiro atoms. The lowest BCUT2D eigenvalue weighted by molar-refractivity contribution is 0.780. The van der Waals surface area contributed by atoms with Crippen LogP contribution in [0.1, 0.15) is 0 Å². The molecule has 3 aromatic rings. The van der Waals surface area contributed by atoms with E-state index in [2.05, 4.69) is 15.6 Å². The Morgan fingerprint density at radius 1 is 1.13 bits per heavy atom. The lowest BCUT2D eigenvalue weighted by Crippen LogP contribution is -1.96. The predicted octanol–water partition coefficient (Wildman–Crippen LogP) is 3.06. The van der Waals surface area contributed by atoms with Crippen molar-refractivity contribution in [2.75, 3.05) is 5.43 Å². The minimum absolute atomic E-state index is 0.215. The van der Waals surface area contributed by atoms with E-state index in [9.17, 15) is 0 Å². The molecule has 23 heavy (non-hydrogen) atoms. The molecule has 0 amide bonds. The summed E-state index contributed by atoms with van der Waals surface area (Å²) < 4.78 is 1.80. The Morgan fingerprint density at radius 2 is 1.87 bits per heavy atom. The van der Waals surface area contributed by atoms with Crippen molar-refractivity contribution in [3.05, 3.63) is 48.7 Å². The van der Waals surface area contributed by atoms with Crippen molar-refractivity contribution in [1.82, 2.24) is 9.78 Å². The molecule has 0 aliphatic rings. The fraction of sp³-hybridized carbons (Fsp3) is 0.0588. The van der Waals surface area contributed by atoms with Crippen molar-refractivity contribution >= 4 is 22.3 Å². The van der Waals surface area contributed by atoms with E-state index in [1.54, 1.807) is 16.8 Å². The van der Waals surface area contributed by atoms with Crippen LogP contribution in [0.25, 0.3) is 22.0 Å². The van der Waals surface area contributed by atoms with E-state index >= 15 is 0 Å². The maximum atomic E-state index is 8.65. The van der Waals surface area contributed by atoms with Crippen molar-refractivity contribution in [3.8, 4) is 23.3 Å². The van der Waals surface area contributed by atoms with Crippen LogP contribution in [-0.4, -0.2) is 15.5 Å². The molecule has 0 bridgehead atoms. The van der Waals surface area contributed by atoms with Crippen LogP contribution in [0, 0.1) is 22.7 Å². The normalized spacial score (nSPS) is 9.87. The van der Waals surface area contributed by atoms with Crippen LogP contribution in [0.5, 0.6) is 0 Å². The number of hydrogen-bond acceptors (Lipinski definition) is 5. The molecule has 0 atom stereocenters. The van der Waals surface area contributed by atoms with Crippen LogP contribution in [0.15, 0.2) is 53.8 Å². The number of rotatable bonds is 3. The summed E-state index contributed by atoms with van der Waals surface area (Å²) >= 11 is 0. The topological polar surface area (TPSA) is 89.8 Å². The largest absolute Gasteiger partial charge is 0.277 e. The molecule has 0 aliphatic carbocycles. The van der Waals surface area contributed by atoms with Gasteiger partial charge in [-0.25, -0.2) is 0 Å². The standard InChI is InChI=1S/C17H12N6/c1-23-11-13-3-2-4-16(17(13)22-23)12-5-7-14(8-6-12)20-21-15(9-18)10-19/h2-8,11,20H,1H3. The van der Waals surface area contributed by atoms with Crippen LogP contribution in [0.3, 0.4) is 0 Å². The number of hydrazone groups is 1. The van der Waals surface area contributed by atoms with Crippen LogP contribution < -0.4 is 5.43 Å². The number of aromatic nitrogens is 2. The van der Waals surface area contributed by atoms with Gasteiger partial charge in [-0.2, -0.15) is 20.7 Å². The van der Waals surface area contributed by atoms with Gasteiger partial charge in [-0.15, -0.1) is 0 Å². The van der Waals surface area contributed by atoms with Crippen LogP contribution in [0.2, 0.25) is 0 Å². The van der Waals surface area contributed by atoms with Gasteiger partial charge in [0.25, 0.3) is 0 Å². The highest BCUT2D eigenvalue weighted by molar-refractivity contribution is 6.10. The summed E-state index contributed by atoms with van der Waals surface area (Å²) in [7, 11) is 1.90. The van der Waals surface area contributed by atoms with Gasteiger partial charge in [0.05, 0.1) is 5.69 Å². The second-order valence-electron chi connectivity index (χ2n) is 4.92. The van der Waals surface area contributed by atoms with Gasteiger partial charge in [0, 0.05) is 24.2 Å². The summed E-state index contributed by atoms with van der Waals surface area (Å²) in [5.41, 5.74) is 6.20. The van der Waals surface area contributed by atoms with E-state index in [0.717, 1.165) is 22.0 Å². The van der Waals surface area contributed by atoms with Crippen LogP contribution in [-0.2, 0) is 7.05 Å². The first kappa shape index (κ1) is 14.3. The predicted molar refractivity (Wildman–Crippen MR) is 88.4 cm³/mol. The molecule has 3 rings (SSSR count). The van der Waals surface area contributed by atoms with Gasteiger partial charge in [-0.1, -0.05) is 30.3 Å². The van der Waals surface area contributed by atoms with Crippen LogP contribution >= 0.6 is 0 Å². The molecule has 0 radical (unpaired) electrons. The Hall–Kier alpha value is -3.64. The monoisotopic (exact) mass is 300 g/mol. The fourth-order valence-corrected chi connectivity index (χ4v) is 2.32. The summed E-state index contributed by atoms with van der Waals surface area (Å²) in [6, 6.07) is 17.0. The third-order valence-corrected chi connectivity index (χ3v) is 3.36. The van der Waals surface area contributed by atoms with Crippen molar-refractivity contribution in [2.24, 2.45) is 12.1 Å². The molecule has 6 nitrogen and oxygen atoms in total. The molecule has 1 aromatic heterocycles. The third kappa shape index (κ3) is 2.87. The minimum atomic E-state index is -0.215. The lowest BCUT2D eigenvalue weighted by Gasteiger charge is -2.05. The molecule has 0 saturated carbocycles. The zero-order valence-electron chi connectivity index (χ0n) is 12.4. The van der Waals surface area contributed by atoms with E-state index < -0.39 is 0 Å². The van der Waals surface area contributed by atoms with Crippen LogP contribution in [0.4, 0.5) is 5.69 Å². The number of aryl methyl sites for hydroxylation is 1. The first-order chi connectivity index (χ1) is 11.2. The first-order valence-electron chi connectivity index (χ1n) is 6.88. The Kier molecular flexibility index (Phi) is 3.73. The van der Waals surface area contributed by atoms with E-state index in [0.29, 0.717) is 5.69 Å². The molecular weight excluding hydrogens is 288 g/mol. The summed E-state index contributed by atoms with van der Waals surface area (Å²) in [6.45, 7) is 0. The van der Waals surface area contributed by atoms with Gasteiger partial charge in [-0.3, -0.25) is 10.1 Å². The number of fused-ring (bicyclic) bond motifs is 1. The van der Waals surface area contributed by atoms with Gasteiger partial charge >= 0.3 is 0 Å². The van der Waals surface area contributed by atoms with E-state index in [-0.39, 0.29) is 5.71 Å². The summed E-state index contributed by atoms with van der Waals surface area (Å²) in [6.07, 6.45) is 1.98. The van der Waals surface area contributed by atoms with Gasteiger partial charge in [0.1, 0.15) is 17.7 Å². The molecular formula is C17H12N6. The number of nitriles is 2. The van der Waals surface area contributed by atoms with Gasteiger partial charge in [0.15, 0.2) is 0 Å². The average Bonchev–Trinajstić information content (AvgIpc) is 2.96. The lowest BCUT2D eigenvalue weighted by atomic mass is 10.0. The molecule has 6 heteroatoms. The molecule has 0 aliphatic heterocycles. The van der Waals surface area contributed by atoms with Gasteiger partial charge in [-0.05, 0) is 17.7 Å². The van der Waals surface area contributed by atoms with Crippen molar-refractivity contribution in [2.45, 2.75) is 0 Å². The second kappa shape index (κ2) is 6.00. The number of benzene rings is 2. The SMILES string of the molecule is Cn1cc2cccc(-c3ccc(NN=C(C#N)C#N)cc3)c2n1. The molecule has 2 aromatic carbocycles. The molecule has 0 saturated heterocycles. The average molecular weight is 300 g/mol. The quantitative estimate of drug-likeness (QED) is 0.594. The van der Waals surface area contributed by atoms with Crippen molar-refractivity contribution in [1.29, 1.82) is 10.5 Å². The Bertz CT molecular complexity index is 951. The Morgan fingerprint density at radius 3 is 2.57 bits per heavy atom. The zero-order valence-corrected chi connectivity index (χ0v) is 12.4. The summed E-state index contributed by atoms with van der Waals surface area (Å²) in [5, 5.41) is 26.6. The van der Waals surface area contributed by atoms with Crippen molar-refractivity contribution in [3.63, 3.8) is 0 Å². The number of nitrogens with zero attached hydrogens (tertiary/aromatic N) is 5. The van der Waals surface area contributed by atoms with E-state index in [1.807, 2.05) is 55.7 Å². The highest BCUT2D eigenvalue weighted by Crippen LogP contribution is 2.28. The summed E-state index contributed by atoms with van der Waals surface area (Å²) in [5.74, 6) is 0. The first-order valence-corrected chi connectivity index (χ1v) is 6.88. The molecule has 1 heterocycles. The minimum Gasteiger partial charge on any atom is -0.277 e. The highest BCUT2D eigenvalue weighted by atomic mass is 15.3. The zero-order chi connectivity index (χ0) is 16.2. The molecule has 0 unspecified atom stereocenters. The van der Waals surface area contributed by atoms with Gasteiger partial charge in [0.2, 0.25) is 5.71 Å². The van der Waals surface area contributed by atoms with Crippen molar-refractivity contribution < 1.29 is 0 Å². The number of anilines is 1. The fourth-order valence-electron chi connectivity index (χ4n) is 2.32. The molecule has 1 N–H and O–H groups in total. The smallest absolute Gasteiger partial charge is 0.237 e. The third-order valence-electron chi connectivity index (χ3n) is 3.36. The summed E-state index contributed by atoms with van der Waals surface area (Å²) in [4.78, 5) is 0. The maximum absolute atomic E-state index is 8.65.